The summed E-state index contributed by atoms with van der Waals surface area (Å²) in [5.74, 6) is 0.944. The van der Waals surface area contributed by atoms with Gasteiger partial charge in [0.15, 0.2) is 0 Å². The van der Waals surface area contributed by atoms with Crippen LogP contribution in [0.1, 0.15) is 64.7 Å². The van der Waals surface area contributed by atoms with E-state index >= 15 is 0 Å². The van der Waals surface area contributed by atoms with Crippen molar-refractivity contribution in [2.75, 3.05) is 6.54 Å². The summed E-state index contributed by atoms with van der Waals surface area (Å²) in [4.78, 5) is 12.0. The van der Waals surface area contributed by atoms with E-state index in [9.17, 15) is 9.90 Å². The summed E-state index contributed by atoms with van der Waals surface area (Å²) in [7, 11) is 0. The number of hydrogen-bond donors (Lipinski definition) is 2. The van der Waals surface area contributed by atoms with Gasteiger partial charge in [0, 0.05) is 12.5 Å². The normalized spacial score (nSPS) is 34.2. The Morgan fingerprint density at radius 2 is 1.94 bits per heavy atom. The lowest BCUT2D eigenvalue weighted by molar-refractivity contribution is -0.127. The van der Waals surface area contributed by atoms with E-state index in [0.717, 1.165) is 32.1 Å². The van der Waals surface area contributed by atoms with E-state index in [2.05, 4.69) is 12.2 Å². The Bertz CT molecular complexity index is 286. The van der Waals surface area contributed by atoms with Gasteiger partial charge in [-0.2, -0.15) is 0 Å². The lowest BCUT2D eigenvalue weighted by Gasteiger charge is -2.36. The molecule has 18 heavy (non-hydrogen) atoms. The van der Waals surface area contributed by atoms with Gasteiger partial charge in [0.25, 0.3) is 0 Å². The van der Waals surface area contributed by atoms with Crippen LogP contribution in [0.25, 0.3) is 0 Å². The molecule has 2 aliphatic carbocycles. The van der Waals surface area contributed by atoms with Crippen molar-refractivity contribution in [3.63, 3.8) is 0 Å². The largest absolute Gasteiger partial charge is 0.388 e. The third kappa shape index (κ3) is 3.71. The van der Waals surface area contributed by atoms with E-state index in [-0.39, 0.29) is 11.8 Å². The van der Waals surface area contributed by atoms with Gasteiger partial charge in [0.1, 0.15) is 0 Å². The van der Waals surface area contributed by atoms with Crippen LogP contribution in [-0.2, 0) is 4.79 Å². The molecule has 3 heteroatoms. The molecule has 1 amide bonds. The molecule has 0 spiro atoms. The monoisotopic (exact) mass is 253 g/mol. The SMILES string of the molecule is CC1CCCC(O)(CNC(=O)C2CCCCC2)C1. The van der Waals surface area contributed by atoms with Crippen molar-refractivity contribution in [3.05, 3.63) is 0 Å². The predicted molar refractivity (Wildman–Crippen MR) is 72.2 cm³/mol. The molecule has 2 atom stereocenters. The first-order valence-corrected chi connectivity index (χ1v) is 7.59. The van der Waals surface area contributed by atoms with Crippen LogP contribution >= 0.6 is 0 Å². The zero-order valence-corrected chi connectivity index (χ0v) is 11.6. The second-order valence-electron chi connectivity index (χ2n) is 6.48. The molecule has 2 unspecified atom stereocenters. The fourth-order valence-electron chi connectivity index (χ4n) is 3.55. The Balaban J connectivity index is 1.77. The zero-order chi connectivity index (χ0) is 13.0. The highest BCUT2D eigenvalue weighted by atomic mass is 16.3. The molecule has 0 heterocycles. The van der Waals surface area contributed by atoms with Gasteiger partial charge in [-0.25, -0.2) is 0 Å². The average Bonchev–Trinajstić information content (AvgIpc) is 2.37. The summed E-state index contributed by atoms with van der Waals surface area (Å²) in [5.41, 5.74) is -0.651. The number of carbonyl (C=O) groups excluding carboxylic acids is 1. The average molecular weight is 253 g/mol. The number of nitrogens with one attached hydrogen (secondary N) is 1. The summed E-state index contributed by atoms with van der Waals surface area (Å²) in [6, 6.07) is 0. The molecule has 0 bridgehead atoms. The molecule has 2 aliphatic rings. The summed E-state index contributed by atoms with van der Waals surface area (Å²) in [5, 5.41) is 13.5. The predicted octanol–water partition coefficient (Wildman–Crippen LogP) is 2.62. The Hall–Kier alpha value is -0.570. The molecular weight excluding hydrogens is 226 g/mol. The van der Waals surface area contributed by atoms with Gasteiger partial charge in [-0.1, -0.05) is 39.0 Å². The third-order valence-corrected chi connectivity index (χ3v) is 4.64. The van der Waals surface area contributed by atoms with E-state index < -0.39 is 5.60 Å². The first kappa shape index (κ1) is 13.9. The molecule has 0 aromatic rings. The van der Waals surface area contributed by atoms with E-state index in [4.69, 9.17) is 0 Å². The molecule has 2 N–H and O–H groups in total. The molecular formula is C15H27NO2. The molecule has 3 nitrogen and oxygen atoms in total. The molecule has 0 aromatic carbocycles. The van der Waals surface area contributed by atoms with Crippen molar-refractivity contribution >= 4 is 5.91 Å². The summed E-state index contributed by atoms with van der Waals surface area (Å²) >= 11 is 0. The number of rotatable bonds is 3. The third-order valence-electron chi connectivity index (χ3n) is 4.64. The fourth-order valence-corrected chi connectivity index (χ4v) is 3.55. The number of aliphatic hydroxyl groups is 1. The van der Waals surface area contributed by atoms with Gasteiger partial charge in [0.2, 0.25) is 5.91 Å². The maximum Gasteiger partial charge on any atom is 0.223 e. The number of hydrogen-bond acceptors (Lipinski definition) is 2. The molecule has 0 aromatic heterocycles. The van der Waals surface area contributed by atoms with Crippen LogP contribution in [0.5, 0.6) is 0 Å². The van der Waals surface area contributed by atoms with Crippen LogP contribution in [0.2, 0.25) is 0 Å². The molecule has 0 aliphatic heterocycles. The first-order chi connectivity index (χ1) is 8.59. The minimum absolute atomic E-state index is 0.168. The zero-order valence-electron chi connectivity index (χ0n) is 11.6. The van der Waals surface area contributed by atoms with Gasteiger partial charge in [-0.3, -0.25) is 4.79 Å². The second kappa shape index (κ2) is 6.05. The Morgan fingerprint density at radius 3 is 2.61 bits per heavy atom. The van der Waals surface area contributed by atoms with Crippen molar-refractivity contribution in [2.24, 2.45) is 11.8 Å². The van der Waals surface area contributed by atoms with Crippen molar-refractivity contribution < 1.29 is 9.90 Å². The van der Waals surface area contributed by atoms with Gasteiger partial charge in [-0.05, 0) is 31.6 Å². The van der Waals surface area contributed by atoms with Gasteiger partial charge in [-0.15, -0.1) is 0 Å². The molecule has 2 saturated carbocycles. The van der Waals surface area contributed by atoms with Gasteiger partial charge in [0.05, 0.1) is 5.60 Å². The van der Waals surface area contributed by atoms with Crippen molar-refractivity contribution in [1.29, 1.82) is 0 Å². The van der Waals surface area contributed by atoms with E-state index in [0.29, 0.717) is 12.5 Å². The molecule has 0 saturated heterocycles. The number of carbonyl (C=O) groups is 1. The van der Waals surface area contributed by atoms with Crippen LogP contribution in [0.3, 0.4) is 0 Å². The van der Waals surface area contributed by atoms with Crippen molar-refractivity contribution in [2.45, 2.75) is 70.3 Å². The maximum atomic E-state index is 12.0. The molecule has 2 fully saturated rings. The Morgan fingerprint density at radius 1 is 1.22 bits per heavy atom. The van der Waals surface area contributed by atoms with Crippen LogP contribution < -0.4 is 5.32 Å². The van der Waals surface area contributed by atoms with Crippen molar-refractivity contribution in [1.82, 2.24) is 5.32 Å². The Kier molecular flexibility index (Phi) is 4.66. The van der Waals surface area contributed by atoms with E-state index in [1.54, 1.807) is 0 Å². The van der Waals surface area contributed by atoms with Crippen LogP contribution in [0.4, 0.5) is 0 Å². The first-order valence-electron chi connectivity index (χ1n) is 7.59. The summed E-state index contributed by atoms with van der Waals surface area (Å²) in [6.45, 7) is 2.64. The topological polar surface area (TPSA) is 49.3 Å². The van der Waals surface area contributed by atoms with Crippen LogP contribution in [-0.4, -0.2) is 23.2 Å². The minimum atomic E-state index is -0.651. The summed E-state index contributed by atoms with van der Waals surface area (Å²) in [6.07, 6.45) is 9.64. The van der Waals surface area contributed by atoms with Gasteiger partial charge < -0.3 is 10.4 Å². The van der Waals surface area contributed by atoms with Crippen LogP contribution in [0, 0.1) is 11.8 Å². The smallest absolute Gasteiger partial charge is 0.223 e. The highest BCUT2D eigenvalue weighted by molar-refractivity contribution is 5.78. The molecule has 104 valence electrons. The highest BCUT2D eigenvalue weighted by Gasteiger charge is 2.33. The maximum absolute atomic E-state index is 12.0. The lowest BCUT2D eigenvalue weighted by Crippen LogP contribution is -2.47. The van der Waals surface area contributed by atoms with Crippen LogP contribution in [0.15, 0.2) is 0 Å². The minimum Gasteiger partial charge on any atom is -0.388 e. The van der Waals surface area contributed by atoms with Crippen molar-refractivity contribution in [3.8, 4) is 0 Å². The van der Waals surface area contributed by atoms with Gasteiger partial charge >= 0.3 is 0 Å². The van der Waals surface area contributed by atoms with E-state index in [1.165, 1.54) is 25.7 Å². The molecule has 2 rings (SSSR count). The second-order valence-corrected chi connectivity index (χ2v) is 6.48. The Labute approximate surface area is 110 Å². The quantitative estimate of drug-likeness (QED) is 0.812. The highest BCUT2D eigenvalue weighted by Crippen LogP contribution is 2.32. The summed E-state index contributed by atoms with van der Waals surface area (Å²) < 4.78 is 0. The lowest BCUT2D eigenvalue weighted by atomic mass is 9.79. The van der Waals surface area contributed by atoms with E-state index in [1.807, 2.05) is 0 Å². The molecule has 0 radical (unpaired) electrons. The standard InChI is InChI=1S/C15H27NO2/c1-12-6-5-9-15(18,10-12)11-16-14(17)13-7-3-2-4-8-13/h12-13,18H,2-11H2,1H3,(H,16,17). The fraction of sp³-hybridized carbons (Fsp3) is 0.933. The number of amides is 1.